The molecule has 0 aliphatic heterocycles. The zero-order valence-corrected chi connectivity index (χ0v) is 11.3. The Labute approximate surface area is 111 Å². The second-order valence-corrected chi connectivity index (χ2v) is 4.57. The molecular weight excluding hydrogens is 244 g/mol. The lowest BCUT2D eigenvalue weighted by Gasteiger charge is -2.07. The summed E-state index contributed by atoms with van der Waals surface area (Å²) in [5.74, 6) is -0.897. The molecule has 1 N–H and O–H groups in total. The van der Waals surface area contributed by atoms with Crippen molar-refractivity contribution >= 4 is 22.9 Å². The van der Waals surface area contributed by atoms with Crippen molar-refractivity contribution in [3.05, 3.63) is 64.4 Å². The van der Waals surface area contributed by atoms with Gasteiger partial charge in [-0.2, -0.15) is 11.3 Å². The van der Waals surface area contributed by atoms with Crippen molar-refractivity contribution in [3.63, 3.8) is 0 Å². The van der Waals surface area contributed by atoms with Crippen LogP contribution in [0.25, 0.3) is 5.57 Å². The summed E-state index contributed by atoms with van der Waals surface area (Å²) < 4.78 is 0. The van der Waals surface area contributed by atoms with E-state index in [0.29, 0.717) is 5.57 Å². The summed E-state index contributed by atoms with van der Waals surface area (Å²) in [5, 5.41) is 13.0. The van der Waals surface area contributed by atoms with Gasteiger partial charge in [0.2, 0.25) is 0 Å². The fourth-order valence-electron chi connectivity index (χ4n) is 1.51. The lowest BCUT2D eigenvalue weighted by atomic mass is 9.98. The molecule has 18 heavy (non-hydrogen) atoms. The van der Waals surface area contributed by atoms with Crippen molar-refractivity contribution in [2.24, 2.45) is 0 Å². The zero-order valence-electron chi connectivity index (χ0n) is 10.5. The molecule has 1 heterocycles. The minimum atomic E-state index is -0.897. The van der Waals surface area contributed by atoms with Crippen LogP contribution in [0.3, 0.4) is 0 Å². The molecule has 0 aliphatic carbocycles. The molecule has 0 amide bonds. The third-order valence-corrected chi connectivity index (χ3v) is 3.27. The maximum absolute atomic E-state index is 11.4. The quantitative estimate of drug-likeness (QED) is 0.633. The molecule has 0 bridgehead atoms. The molecular formula is C15H16O2S. The lowest BCUT2D eigenvalue weighted by molar-refractivity contribution is -0.130. The third kappa shape index (κ3) is 3.57. The molecule has 0 aromatic carbocycles. The molecule has 1 aromatic rings. The minimum Gasteiger partial charge on any atom is -0.478 e. The summed E-state index contributed by atoms with van der Waals surface area (Å²) in [4.78, 5) is 11.4. The predicted molar refractivity (Wildman–Crippen MR) is 77.6 cm³/mol. The number of hydrogen-bond donors (Lipinski definition) is 1. The van der Waals surface area contributed by atoms with E-state index < -0.39 is 5.97 Å². The Balaban J connectivity index is 3.21. The molecule has 0 fully saturated rings. The first-order valence-corrected chi connectivity index (χ1v) is 6.45. The maximum atomic E-state index is 11.4. The highest BCUT2D eigenvalue weighted by atomic mass is 32.1. The molecule has 0 saturated carbocycles. The molecule has 3 heteroatoms. The topological polar surface area (TPSA) is 37.3 Å². The van der Waals surface area contributed by atoms with Gasteiger partial charge in [0.15, 0.2) is 0 Å². The minimum absolute atomic E-state index is 0.358. The standard InChI is InChI=1S/C15H16O2S/c1-4-5-6-7-11(2)12(3)14(15(16)17)13-8-9-18-10-13/h4-10H,1H2,2-3H3,(H,16,17). The largest absolute Gasteiger partial charge is 0.478 e. The van der Waals surface area contributed by atoms with E-state index in [2.05, 4.69) is 6.58 Å². The first-order valence-electron chi connectivity index (χ1n) is 5.51. The van der Waals surface area contributed by atoms with Gasteiger partial charge >= 0.3 is 5.97 Å². The second-order valence-electron chi connectivity index (χ2n) is 3.79. The summed E-state index contributed by atoms with van der Waals surface area (Å²) in [6.45, 7) is 7.31. The fourth-order valence-corrected chi connectivity index (χ4v) is 2.15. The van der Waals surface area contributed by atoms with Crippen LogP contribution in [0.2, 0.25) is 0 Å². The number of aliphatic carboxylic acids is 1. The van der Waals surface area contributed by atoms with Gasteiger partial charge in [-0.05, 0) is 47.4 Å². The highest BCUT2D eigenvalue weighted by Gasteiger charge is 2.14. The van der Waals surface area contributed by atoms with Gasteiger partial charge in [0.05, 0.1) is 5.57 Å². The van der Waals surface area contributed by atoms with E-state index in [0.717, 1.165) is 16.7 Å². The van der Waals surface area contributed by atoms with Crippen molar-refractivity contribution < 1.29 is 9.90 Å². The molecule has 0 saturated heterocycles. The van der Waals surface area contributed by atoms with Gasteiger partial charge in [-0.1, -0.05) is 30.9 Å². The van der Waals surface area contributed by atoms with Crippen LogP contribution in [0.4, 0.5) is 0 Å². The van der Waals surface area contributed by atoms with Crippen molar-refractivity contribution in [2.75, 3.05) is 0 Å². The summed E-state index contributed by atoms with van der Waals surface area (Å²) in [6.07, 6.45) is 7.22. The number of rotatable bonds is 5. The van der Waals surface area contributed by atoms with E-state index in [-0.39, 0.29) is 0 Å². The van der Waals surface area contributed by atoms with Gasteiger partial charge in [0.25, 0.3) is 0 Å². The van der Waals surface area contributed by atoms with Crippen LogP contribution in [0.1, 0.15) is 19.4 Å². The van der Waals surface area contributed by atoms with Gasteiger partial charge in [-0.15, -0.1) is 0 Å². The Kier molecular flexibility index (Phi) is 5.33. The SMILES string of the molecule is C=CC=CC=C(C)C(C)=C(C(=O)O)c1ccsc1. The van der Waals surface area contributed by atoms with Crippen LogP contribution >= 0.6 is 11.3 Å². The number of carbonyl (C=O) groups is 1. The average Bonchev–Trinajstić information content (AvgIpc) is 2.82. The maximum Gasteiger partial charge on any atom is 0.336 e. The van der Waals surface area contributed by atoms with E-state index in [1.54, 1.807) is 6.08 Å². The Morgan fingerprint density at radius 2 is 2.11 bits per heavy atom. The van der Waals surface area contributed by atoms with Crippen LogP contribution in [0, 0.1) is 0 Å². The first kappa shape index (κ1) is 14.2. The molecule has 1 aromatic heterocycles. The smallest absolute Gasteiger partial charge is 0.336 e. The molecule has 0 atom stereocenters. The van der Waals surface area contributed by atoms with Crippen LogP contribution in [0.5, 0.6) is 0 Å². The van der Waals surface area contributed by atoms with Crippen molar-refractivity contribution in [1.82, 2.24) is 0 Å². The van der Waals surface area contributed by atoms with Crippen molar-refractivity contribution in [1.29, 1.82) is 0 Å². The normalized spacial score (nSPS) is 13.6. The summed E-state index contributed by atoms with van der Waals surface area (Å²) in [6, 6.07) is 1.82. The molecule has 94 valence electrons. The third-order valence-electron chi connectivity index (χ3n) is 2.58. The molecule has 0 unspecified atom stereocenters. The van der Waals surface area contributed by atoms with Crippen molar-refractivity contribution in [2.45, 2.75) is 13.8 Å². The number of carboxylic acid groups (broad SMARTS) is 1. The average molecular weight is 260 g/mol. The highest BCUT2D eigenvalue weighted by molar-refractivity contribution is 7.08. The van der Waals surface area contributed by atoms with E-state index in [9.17, 15) is 9.90 Å². The van der Waals surface area contributed by atoms with Gasteiger partial charge < -0.3 is 5.11 Å². The zero-order chi connectivity index (χ0) is 13.5. The monoisotopic (exact) mass is 260 g/mol. The van der Waals surface area contributed by atoms with E-state index in [1.165, 1.54) is 11.3 Å². The van der Waals surface area contributed by atoms with Gasteiger partial charge in [-0.25, -0.2) is 4.79 Å². The van der Waals surface area contributed by atoms with Crippen molar-refractivity contribution in [3.8, 4) is 0 Å². The fraction of sp³-hybridized carbons (Fsp3) is 0.133. The molecule has 0 aliphatic rings. The Bertz CT molecular complexity index is 517. The number of hydrogen-bond acceptors (Lipinski definition) is 2. The highest BCUT2D eigenvalue weighted by Crippen LogP contribution is 2.25. The number of allylic oxidation sites excluding steroid dienone is 6. The lowest BCUT2D eigenvalue weighted by Crippen LogP contribution is -2.02. The van der Waals surface area contributed by atoms with E-state index in [1.807, 2.05) is 48.9 Å². The Morgan fingerprint density at radius 3 is 2.61 bits per heavy atom. The van der Waals surface area contributed by atoms with E-state index in [4.69, 9.17) is 0 Å². The molecule has 2 nitrogen and oxygen atoms in total. The Hall–Kier alpha value is -1.87. The van der Waals surface area contributed by atoms with Gasteiger partial charge in [0.1, 0.15) is 0 Å². The molecule has 1 rings (SSSR count). The van der Waals surface area contributed by atoms with Crippen LogP contribution in [-0.4, -0.2) is 11.1 Å². The van der Waals surface area contributed by atoms with Gasteiger partial charge in [0, 0.05) is 0 Å². The summed E-state index contributed by atoms with van der Waals surface area (Å²) >= 11 is 1.49. The molecule has 0 radical (unpaired) electrons. The van der Waals surface area contributed by atoms with Crippen LogP contribution < -0.4 is 0 Å². The summed E-state index contributed by atoms with van der Waals surface area (Å²) in [5.41, 5.74) is 2.81. The predicted octanol–water partition coefficient (Wildman–Crippen LogP) is 4.29. The first-order chi connectivity index (χ1) is 8.57. The molecule has 0 spiro atoms. The van der Waals surface area contributed by atoms with Crippen LogP contribution in [0.15, 0.2) is 58.9 Å². The van der Waals surface area contributed by atoms with Crippen LogP contribution in [-0.2, 0) is 4.79 Å². The van der Waals surface area contributed by atoms with Gasteiger partial charge in [-0.3, -0.25) is 0 Å². The number of thiophene rings is 1. The second kappa shape index (κ2) is 6.77. The van der Waals surface area contributed by atoms with E-state index >= 15 is 0 Å². The Morgan fingerprint density at radius 1 is 1.39 bits per heavy atom. The summed E-state index contributed by atoms with van der Waals surface area (Å²) in [7, 11) is 0. The number of carboxylic acids is 1.